The Morgan fingerprint density at radius 1 is 1.12 bits per heavy atom. The quantitative estimate of drug-likeness (QED) is 0.871. The predicted octanol–water partition coefficient (Wildman–Crippen LogP) is 4.27. The molecule has 4 heteroatoms. The van der Waals surface area contributed by atoms with Gasteiger partial charge >= 0.3 is 0 Å². The third-order valence-electron chi connectivity index (χ3n) is 2.28. The summed E-state index contributed by atoms with van der Waals surface area (Å²) in [4.78, 5) is 0. The molecule has 0 aliphatic heterocycles. The highest BCUT2D eigenvalue weighted by Gasteiger charge is 2.09. The van der Waals surface area contributed by atoms with Gasteiger partial charge in [-0.25, -0.2) is 0 Å². The Kier molecular flexibility index (Phi) is 3.24. The monoisotopic (exact) mass is 255 g/mol. The SMILES string of the molecule is CC(N)c1ccc(-c2ccc(Cl)c(Cl)c2)o1. The van der Waals surface area contributed by atoms with Crippen LogP contribution in [0.3, 0.4) is 0 Å². The molecule has 1 aromatic carbocycles. The molecule has 2 nitrogen and oxygen atoms in total. The van der Waals surface area contributed by atoms with Crippen LogP contribution < -0.4 is 5.73 Å². The van der Waals surface area contributed by atoms with Crippen molar-refractivity contribution in [1.82, 2.24) is 0 Å². The molecule has 1 atom stereocenters. The molecule has 0 aliphatic rings. The van der Waals surface area contributed by atoms with E-state index in [2.05, 4.69) is 0 Å². The Balaban J connectivity index is 2.39. The van der Waals surface area contributed by atoms with Crippen LogP contribution >= 0.6 is 23.2 Å². The van der Waals surface area contributed by atoms with Gasteiger partial charge in [-0.05, 0) is 37.3 Å². The number of benzene rings is 1. The second-order valence-electron chi connectivity index (χ2n) is 3.62. The van der Waals surface area contributed by atoms with Gasteiger partial charge in [0.2, 0.25) is 0 Å². The first-order valence-corrected chi connectivity index (χ1v) is 5.64. The lowest BCUT2D eigenvalue weighted by Crippen LogP contribution is -2.02. The lowest BCUT2D eigenvalue weighted by molar-refractivity contribution is 0.491. The average Bonchev–Trinajstić information content (AvgIpc) is 2.71. The first-order valence-electron chi connectivity index (χ1n) is 4.88. The van der Waals surface area contributed by atoms with E-state index in [0.717, 1.165) is 17.1 Å². The van der Waals surface area contributed by atoms with Crippen molar-refractivity contribution in [1.29, 1.82) is 0 Å². The zero-order chi connectivity index (χ0) is 11.7. The molecule has 0 amide bonds. The average molecular weight is 256 g/mol. The molecule has 1 heterocycles. The van der Waals surface area contributed by atoms with Crippen LogP contribution in [0.5, 0.6) is 0 Å². The number of nitrogens with two attached hydrogens (primary N) is 1. The molecule has 1 aromatic heterocycles. The van der Waals surface area contributed by atoms with E-state index in [9.17, 15) is 0 Å². The van der Waals surface area contributed by atoms with Gasteiger partial charge in [-0.2, -0.15) is 0 Å². The molecule has 2 N–H and O–H groups in total. The van der Waals surface area contributed by atoms with Gasteiger partial charge in [0.1, 0.15) is 11.5 Å². The third kappa shape index (κ3) is 2.24. The largest absolute Gasteiger partial charge is 0.459 e. The summed E-state index contributed by atoms with van der Waals surface area (Å²) >= 11 is 11.8. The molecule has 0 saturated heterocycles. The molecule has 0 bridgehead atoms. The summed E-state index contributed by atoms with van der Waals surface area (Å²) in [5.74, 6) is 1.49. The van der Waals surface area contributed by atoms with Crippen molar-refractivity contribution >= 4 is 23.2 Å². The molecule has 0 spiro atoms. The van der Waals surface area contributed by atoms with Gasteiger partial charge in [0, 0.05) is 5.56 Å². The molecule has 16 heavy (non-hydrogen) atoms. The molecule has 0 fully saturated rings. The maximum Gasteiger partial charge on any atom is 0.134 e. The number of furan rings is 1. The second kappa shape index (κ2) is 4.50. The van der Waals surface area contributed by atoms with Crippen LogP contribution in [-0.2, 0) is 0 Å². The zero-order valence-corrected chi connectivity index (χ0v) is 10.2. The van der Waals surface area contributed by atoms with Crippen LogP contribution in [0.2, 0.25) is 10.0 Å². The zero-order valence-electron chi connectivity index (χ0n) is 8.71. The van der Waals surface area contributed by atoms with E-state index in [4.69, 9.17) is 33.4 Å². The minimum Gasteiger partial charge on any atom is -0.459 e. The molecule has 0 aliphatic carbocycles. The first-order chi connectivity index (χ1) is 7.58. The van der Waals surface area contributed by atoms with Crippen molar-refractivity contribution in [2.75, 3.05) is 0 Å². The molecule has 2 rings (SSSR count). The Hall–Kier alpha value is -0.960. The van der Waals surface area contributed by atoms with E-state index in [1.54, 1.807) is 12.1 Å². The molecule has 84 valence electrons. The van der Waals surface area contributed by atoms with Crippen molar-refractivity contribution in [2.45, 2.75) is 13.0 Å². The third-order valence-corrected chi connectivity index (χ3v) is 3.02. The van der Waals surface area contributed by atoms with Crippen molar-refractivity contribution in [2.24, 2.45) is 5.73 Å². The highest BCUT2D eigenvalue weighted by molar-refractivity contribution is 6.42. The summed E-state index contributed by atoms with van der Waals surface area (Å²) in [7, 11) is 0. The Labute approximate surface area is 104 Å². The fourth-order valence-electron chi connectivity index (χ4n) is 1.40. The molecule has 0 saturated carbocycles. The number of hydrogen-bond acceptors (Lipinski definition) is 2. The van der Waals surface area contributed by atoms with E-state index in [1.165, 1.54) is 0 Å². The van der Waals surface area contributed by atoms with E-state index in [-0.39, 0.29) is 6.04 Å². The van der Waals surface area contributed by atoms with Crippen LogP contribution in [0.4, 0.5) is 0 Å². The molecular weight excluding hydrogens is 245 g/mol. The number of rotatable bonds is 2. The van der Waals surface area contributed by atoms with Crippen molar-refractivity contribution in [3.8, 4) is 11.3 Å². The van der Waals surface area contributed by atoms with Crippen LogP contribution in [0.15, 0.2) is 34.7 Å². The summed E-state index contributed by atoms with van der Waals surface area (Å²) < 4.78 is 5.60. The van der Waals surface area contributed by atoms with E-state index >= 15 is 0 Å². The van der Waals surface area contributed by atoms with Crippen LogP contribution in [0, 0.1) is 0 Å². The molecule has 2 aromatic rings. The van der Waals surface area contributed by atoms with E-state index in [1.807, 2.05) is 25.1 Å². The minimum atomic E-state index is -0.114. The second-order valence-corrected chi connectivity index (χ2v) is 4.43. The van der Waals surface area contributed by atoms with Gasteiger partial charge in [0.05, 0.1) is 16.1 Å². The van der Waals surface area contributed by atoms with Gasteiger partial charge in [-0.15, -0.1) is 0 Å². The lowest BCUT2D eigenvalue weighted by Gasteiger charge is -2.01. The molecule has 1 unspecified atom stereocenters. The lowest BCUT2D eigenvalue weighted by atomic mass is 10.2. The highest BCUT2D eigenvalue weighted by atomic mass is 35.5. The van der Waals surface area contributed by atoms with Gasteiger partial charge in [0.15, 0.2) is 0 Å². The molecular formula is C12H11Cl2NO. The maximum absolute atomic E-state index is 5.93. The normalized spacial score (nSPS) is 12.8. The number of halogens is 2. The van der Waals surface area contributed by atoms with E-state index < -0.39 is 0 Å². The Bertz CT molecular complexity index is 505. The summed E-state index contributed by atoms with van der Waals surface area (Å²) in [5, 5.41) is 1.04. The van der Waals surface area contributed by atoms with Gasteiger partial charge < -0.3 is 10.2 Å². The van der Waals surface area contributed by atoms with Gasteiger partial charge in [0.25, 0.3) is 0 Å². The standard InChI is InChI=1S/C12H11Cl2NO/c1-7(15)11-4-5-12(16-11)8-2-3-9(13)10(14)6-8/h2-7H,15H2,1H3. The Morgan fingerprint density at radius 2 is 1.88 bits per heavy atom. The smallest absolute Gasteiger partial charge is 0.134 e. The summed E-state index contributed by atoms with van der Waals surface area (Å²) in [6, 6.07) is 9.00. The highest BCUT2D eigenvalue weighted by Crippen LogP contribution is 2.30. The topological polar surface area (TPSA) is 39.2 Å². The Morgan fingerprint density at radius 3 is 2.44 bits per heavy atom. The van der Waals surface area contributed by atoms with Gasteiger partial charge in [-0.3, -0.25) is 0 Å². The fourth-order valence-corrected chi connectivity index (χ4v) is 1.70. The minimum absolute atomic E-state index is 0.114. The van der Waals surface area contributed by atoms with Crippen LogP contribution in [0.25, 0.3) is 11.3 Å². The summed E-state index contributed by atoms with van der Waals surface area (Å²) in [6.45, 7) is 1.87. The van der Waals surface area contributed by atoms with Crippen LogP contribution in [-0.4, -0.2) is 0 Å². The number of hydrogen-bond donors (Lipinski definition) is 1. The van der Waals surface area contributed by atoms with Crippen molar-refractivity contribution in [3.63, 3.8) is 0 Å². The van der Waals surface area contributed by atoms with E-state index in [0.29, 0.717) is 10.0 Å². The fraction of sp³-hybridized carbons (Fsp3) is 0.167. The summed E-state index contributed by atoms with van der Waals surface area (Å²) in [6.07, 6.45) is 0. The predicted molar refractivity (Wildman–Crippen MR) is 66.8 cm³/mol. The van der Waals surface area contributed by atoms with Gasteiger partial charge in [-0.1, -0.05) is 23.2 Å². The summed E-state index contributed by atoms with van der Waals surface area (Å²) in [5.41, 5.74) is 6.61. The molecule has 0 radical (unpaired) electrons. The van der Waals surface area contributed by atoms with Crippen molar-refractivity contribution < 1.29 is 4.42 Å². The van der Waals surface area contributed by atoms with Crippen LogP contribution in [0.1, 0.15) is 18.7 Å². The maximum atomic E-state index is 5.93. The first kappa shape index (κ1) is 11.5. The van der Waals surface area contributed by atoms with Crippen molar-refractivity contribution in [3.05, 3.63) is 46.1 Å².